The number of ketones is 1. The van der Waals surface area contributed by atoms with Crippen LogP contribution in [0.25, 0.3) is 0 Å². The summed E-state index contributed by atoms with van der Waals surface area (Å²) in [6.07, 6.45) is 6.30. The summed E-state index contributed by atoms with van der Waals surface area (Å²) < 4.78 is 0. The number of hydrogen-bond acceptors (Lipinski definition) is 1. The van der Waals surface area contributed by atoms with E-state index in [1.807, 2.05) is 0 Å². The maximum atomic E-state index is 13.5. The lowest BCUT2D eigenvalue weighted by Crippen LogP contribution is -2.51. The van der Waals surface area contributed by atoms with E-state index >= 15 is 0 Å². The zero-order chi connectivity index (χ0) is 15.6. The van der Waals surface area contributed by atoms with Gasteiger partial charge in [0.25, 0.3) is 0 Å². The molecule has 1 nitrogen and oxygen atoms in total. The van der Waals surface area contributed by atoms with Crippen LogP contribution in [0.4, 0.5) is 0 Å². The van der Waals surface area contributed by atoms with Crippen molar-refractivity contribution in [2.45, 2.75) is 68.2 Å². The maximum absolute atomic E-state index is 13.5. The van der Waals surface area contributed by atoms with Crippen LogP contribution in [-0.4, -0.2) is 5.78 Å². The summed E-state index contributed by atoms with van der Waals surface area (Å²) in [6.45, 7) is 17.6. The quantitative estimate of drug-likeness (QED) is 0.623. The highest BCUT2D eigenvalue weighted by atomic mass is 16.1. The molecule has 20 heavy (non-hydrogen) atoms. The van der Waals surface area contributed by atoms with Crippen molar-refractivity contribution in [3.63, 3.8) is 0 Å². The number of carbonyl (C=O) groups excluding carboxylic acids is 1. The predicted octanol–water partition coefficient (Wildman–Crippen LogP) is 5.32. The van der Waals surface area contributed by atoms with Gasteiger partial charge in [0.2, 0.25) is 0 Å². The first-order valence-corrected chi connectivity index (χ1v) is 7.81. The monoisotopic (exact) mass is 274 g/mol. The molecule has 0 aromatic carbocycles. The van der Waals surface area contributed by atoms with E-state index in [0.717, 1.165) is 12.8 Å². The highest BCUT2D eigenvalue weighted by molar-refractivity contribution is 5.93. The summed E-state index contributed by atoms with van der Waals surface area (Å²) in [4.78, 5) is 13.5. The fourth-order valence-corrected chi connectivity index (χ4v) is 3.97. The van der Waals surface area contributed by atoms with E-state index in [0.29, 0.717) is 5.78 Å². The third-order valence-electron chi connectivity index (χ3n) is 7.37. The Bertz CT molecular complexity index is 472. The van der Waals surface area contributed by atoms with Crippen LogP contribution >= 0.6 is 0 Å². The molecule has 0 bridgehead atoms. The number of Topliss-reactive ketones (excluding diaryl/α,β-unsaturated/α-hetero) is 1. The lowest BCUT2D eigenvalue weighted by atomic mass is 9.53. The Balaban J connectivity index is 2.44. The van der Waals surface area contributed by atoms with E-state index in [9.17, 15) is 4.79 Å². The molecule has 2 aliphatic rings. The van der Waals surface area contributed by atoms with Crippen LogP contribution in [-0.2, 0) is 4.79 Å². The van der Waals surface area contributed by atoms with Crippen LogP contribution in [0.15, 0.2) is 23.3 Å². The number of rotatable bonds is 2. The molecule has 1 heteroatoms. The van der Waals surface area contributed by atoms with E-state index in [1.165, 1.54) is 11.1 Å². The molecule has 0 aromatic rings. The van der Waals surface area contributed by atoms with E-state index in [1.54, 1.807) is 0 Å². The minimum atomic E-state index is -0.276. The van der Waals surface area contributed by atoms with Crippen LogP contribution in [0.3, 0.4) is 0 Å². The molecule has 0 N–H and O–H groups in total. The van der Waals surface area contributed by atoms with Crippen LogP contribution in [0.2, 0.25) is 0 Å². The first-order chi connectivity index (χ1) is 8.91. The van der Waals surface area contributed by atoms with Crippen molar-refractivity contribution in [1.82, 2.24) is 0 Å². The fraction of sp³-hybridized carbons (Fsp3) is 0.737. The second kappa shape index (κ2) is 4.08. The molecule has 2 unspecified atom stereocenters. The Morgan fingerprint density at radius 3 is 1.30 bits per heavy atom. The minimum Gasteiger partial charge on any atom is -0.298 e. The van der Waals surface area contributed by atoms with Crippen molar-refractivity contribution < 1.29 is 4.79 Å². The van der Waals surface area contributed by atoms with Gasteiger partial charge in [0.15, 0.2) is 0 Å². The van der Waals surface area contributed by atoms with Gasteiger partial charge in [-0.1, -0.05) is 64.8 Å². The lowest BCUT2D eigenvalue weighted by Gasteiger charge is -2.48. The molecule has 0 aromatic heterocycles. The number of hydrogen-bond donors (Lipinski definition) is 0. The molecule has 0 radical (unpaired) electrons. The van der Waals surface area contributed by atoms with Gasteiger partial charge >= 0.3 is 0 Å². The fourth-order valence-electron chi connectivity index (χ4n) is 3.97. The van der Waals surface area contributed by atoms with Gasteiger partial charge in [0.1, 0.15) is 5.78 Å². The maximum Gasteiger partial charge on any atom is 0.146 e. The van der Waals surface area contributed by atoms with E-state index in [2.05, 4.69) is 67.5 Å². The predicted molar refractivity (Wildman–Crippen MR) is 85.5 cm³/mol. The van der Waals surface area contributed by atoms with Crippen molar-refractivity contribution in [3.8, 4) is 0 Å². The molecule has 2 rings (SSSR count). The van der Waals surface area contributed by atoms with Crippen molar-refractivity contribution >= 4 is 5.78 Å². The third-order valence-corrected chi connectivity index (χ3v) is 7.37. The zero-order valence-corrected chi connectivity index (χ0v) is 14.5. The Labute approximate surface area is 124 Å². The molecule has 2 aliphatic carbocycles. The van der Waals surface area contributed by atoms with Gasteiger partial charge in [0, 0.05) is 10.8 Å². The summed E-state index contributed by atoms with van der Waals surface area (Å²) in [5.41, 5.74) is 2.08. The molecule has 0 fully saturated rings. The average Bonchev–Trinajstić information content (AvgIpc) is 2.70. The van der Waals surface area contributed by atoms with Gasteiger partial charge in [-0.3, -0.25) is 4.79 Å². The normalized spacial score (nSPS) is 38.6. The first kappa shape index (κ1) is 15.5. The Morgan fingerprint density at radius 1 is 0.800 bits per heavy atom. The second-order valence-corrected chi connectivity index (χ2v) is 8.43. The largest absolute Gasteiger partial charge is 0.298 e. The van der Waals surface area contributed by atoms with Crippen molar-refractivity contribution in [2.75, 3.05) is 0 Å². The Hall–Kier alpha value is -0.850. The summed E-state index contributed by atoms with van der Waals surface area (Å²) in [5, 5.41) is 0. The topological polar surface area (TPSA) is 17.1 Å². The average molecular weight is 274 g/mol. The van der Waals surface area contributed by atoms with E-state index in [-0.39, 0.29) is 21.7 Å². The van der Waals surface area contributed by atoms with Gasteiger partial charge in [-0.15, -0.1) is 0 Å². The van der Waals surface area contributed by atoms with Crippen molar-refractivity contribution in [1.29, 1.82) is 0 Å². The number of carbonyl (C=O) groups is 1. The number of allylic oxidation sites excluding steroid dienone is 4. The minimum absolute atomic E-state index is 0.0420. The molecule has 0 saturated heterocycles. The van der Waals surface area contributed by atoms with Crippen molar-refractivity contribution in [2.24, 2.45) is 21.7 Å². The SMILES string of the molecule is CC1=CCC(C)(C(=O)C2(C)CC=C(C)C2(C)C)C1(C)C. The molecule has 0 spiro atoms. The highest BCUT2D eigenvalue weighted by Crippen LogP contribution is 2.61. The smallest absolute Gasteiger partial charge is 0.146 e. The van der Waals surface area contributed by atoms with E-state index < -0.39 is 0 Å². The molecule has 0 amide bonds. The lowest BCUT2D eigenvalue weighted by molar-refractivity contribution is -0.146. The van der Waals surface area contributed by atoms with Gasteiger partial charge in [-0.25, -0.2) is 0 Å². The molecule has 0 saturated carbocycles. The molecular formula is C19H30O. The van der Waals surface area contributed by atoms with Crippen LogP contribution in [0.5, 0.6) is 0 Å². The Kier molecular flexibility index (Phi) is 3.17. The summed E-state index contributed by atoms with van der Waals surface area (Å²) in [5.74, 6) is 0.446. The summed E-state index contributed by atoms with van der Waals surface area (Å²) in [6, 6.07) is 0. The third kappa shape index (κ3) is 1.58. The van der Waals surface area contributed by atoms with Gasteiger partial charge in [0.05, 0.1) is 0 Å². The Morgan fingerprint density at radius 2 is 1.10 bits per heavy atom. The van der Waals surface area contributed by atoms with Crippen LogP contribution < -0.4 is 0 Å². The molecule has 0 aliphatic heterocycles. The standard InChI is InChI=1S/C19H30O/c1-13-9-11-18(7,16(13,3)4)15(20)19(8)12-10-14(2)17(19,5)6/h9-10H,11-12H2,1-8H3. The highest BCUT2D eigenvalue weighted by Gasteiger charge is 2.60. The van der Waals surface area contributed by atoms with Crippen LogP contribution in [0.1, 0.15) is 68.2 Å². The second-order valence-electron chi connectivity index (χ2n) is 8.43. The van der Waals surface area contributed by atoms with Gasteiger partial charge in [-0.2, -0.15) is 0 Å². The van der Waals surface area contributed by atoms with Gasteiger partial charge in [-0.05, 0) is 37.5 Å². The van der Waals surface area contributed by atoms with Crippen molar-refractivity contribution in [3.05, 3.63) is 23.3 Å². The van der Waals surface area contributed by atoms with Gasteiger partial charge < -0.3 is 0 Å². The molecular weight excluding hydrogens is 244 g/mol. The molecule has 112 valence electrons. The zero-order valence-electron chi connectivity index (χ0n) is 14.5. The summed E-state index contributed by atoms with van der Waals surface area (Å²) in [7, 11) is 0. The summed E-state index contributed by atoms with van der Waals surface area (Å²) >= 11 is 0. The first-order valence-electron chi connectivity index (χ1n) is 7.81. The van der Waals surface area contributed by atoms with E-state index in [4.69, 9.17) is 0 Å². The molecule has 0 heterocycles. The van der Waals surface area contributed by atoms with Crippen LogP contribution in [0, 0.1) is 21.7 Å². The molecule has 2 atom stereocenters.